The van der Waals surface area contributed by atoms with Crippen molar-refractivity contribution in [1.29, 1.82) is 0 Å². The summed E-state index contributed by atoms with van der Waals surface area (Å²) in [5.74, 6) is 0. The van der Waals surface area contributed by atoms with Crippen molar-refractivity contribution in [2.24, 2.45) is 0 Å². The normalized spacial score (nSPS) is 27.1. The molecule has 0 saturated carbocycles. The van der Waals surface area contributed by atoms with Gasteiger partial charge >= 0.3 is 0 Å². The topological polar surface area (TPSA) is 28.2 Å². The van der Waals surface area contributed by atoms with E-state index >= 15 is 0 Å². The number of hydrogen-bond acceptors (Lipinski definition) is 4. The lowest BCUT2D eigenvalue weighted by molar-refractivity contribution is 0.296. The molecule has 1 N–H and O–H groups in total. The predicted molar refractivity (Wildman–Crippen MR) is 73.7 cm³/mol. The van der Waals surface area contributed by atoms with Gasteiger partial charge in [0.15, 0.2) is 0 Å². The Balaban J connectivity index is 2.29. The summed E-state index contributed by atoms with van der Waals surface area (Å²) in [6.07, 6.45) is 3.60. The fourth-order valence-corrected chi connectivity index (χ4v) is 3.68. The highest BCUT2D eigenvalue weighted by Crippen LogP contribution is 2.35. The van der Waals surface area contributed by atoms with Crippen molar-refractivity contribution in [1.82, 2.24) is 15.2 Å². The molecule has 4 heteroatoms. The highest BCUT2D eigenvalue weighted by molar-refractivity contribution is 7.11. The van der Waals surface area contributed by atoms with Crippen LogP contribution < -0.4 is 5.32 Å². The van der Waals surface area contributed by atoms with Gasteiger partial charge in [0.2, 0.25) is 0 Å². The van der Waals surface area contributed by atoms with Crippen LogP contribution in [-0.4, -0.2) is 37.1 Å². The highest BCUT2D eigenvalue weighted by Gasteiger charge is 2.35. The van der Waals surface area contributed by atoms with Crippen molar-refractivity contribution in [3.05, 3.63) is 15.6 Å². The molecule has 0 aliphatic carbocycles. The molecule has 1 saturated heterocycles. The number of nitrogens with zero attached hydrogens (tertiary/aromatic N) is 2. The van der Waals surface area contributed by atoms with E-state index in [0.29, 0.717) is 0 Å². The quantitative estimate of drug-likeness (QED) is 0.876. The molecular weight excluding hydrogens is 230 g/mol. The Labute approximate surface area is 108 Å². The van der Waals surface area contributed by atoms with E-state index in [-0.39, 0.29) is 5.54 Å². The predicted octanol–water partition coefficient (Wildman–Crippen LogP) is 2.29. The van der Waals surface area contributed by atoms with Crippen LogP contribution in [0.2, 0.25) is 0 Å². The van der Waals surface area contributed by atoms with Gasteiger partial charge in [-0.05, 0) is 53.8 Å². The monoisotopic (exact) mass is 253 g/mol. The minimum Gasteiger partial charge on any atom is -0.308 e. The third-order valence-electron chi connectivity index (χ3n) is 3.98. The standard InChI is InChI=1S/C13H23N3S/c1-10-11(2)17-12(15-10)13(14-3)6-5-8-16(4)9-7-13/h14H,5-9H2,1-4H3. The molecule has 0 amide bonds. The summed E-state index contributed by atoms with van der Waals surface area (Å²) in [5, 5.41) is 4.84. The van der Waals surface area contributed by atoms with Gasteiger partial charge in [-0.3, -0.25) is 0 Å². The first-order valence-electron chi connectivity index (χ1n) is 6.39. The van der Waals surface area contributed by atoms with Crippen LogP contribution in [0.5, 0.6) is 0 Å². The Morgan fingerprint density at radius 3 is 2.65 bits per heavy atom. The molecule has 1 atom stereocenters. The molecule has 0 spiro atoms. The van der Waals surface area contributed by atoms with Crippen molar-refractivity contribution in [2.75, 3.05) is 27.2 Å². The lowest BCUT2D eigenvalue weighted by atomic mass is 9.91. The largest absolute Gasteiger partial charge is 0.308 e. The van der Waals surface area contributed by atoms with Gasteiger partial charge in [-0.15, -0.1) is 11.3 Å². The smallest absolute Gasteiger partial charge is 0.113 e. The Hall–Kier alpha value is -0.450. The SMILES string of the molecule is CNC1(c2nc(C)c(C)s2)CCCN(C)CC1. The number of thiazole rings is 1. The van der Waals surface area contributed by atoms with Crippen molar-refractivity contribution in [3.8, 4) is 0 Å². The Morgan fingerprint density at radius 1 is 1.29 bits per heavy atom. The summed E-state index contributed by atoms with van der Waals surface area (Å²) in [6.45, 7) is 6.63. The third kappa shape index (κ3) is 2.54. The van der Waals surface area contributed by atoms with Gasteiger partial charge in [0, 0.05) is 11.4 Å². The second-order valence-electron chi connectivity index (χ2n) is 5.15. The van der Waals surface area contributed by atoms with Crippen LogP contribution >= 0.6 is 11.3 Å². The van der Waals surface area contributed by atoms with Gasteiger partial charge in [0.05, 0.1) is 11.2 Å². The van der Waals surface area contributed by atoms with E-state index in [4.69, 9.17) is 4.98 Å². The number of hydrogen-bond donors (Lipinski definition) is 1. The average Bonchev–Trinajstić information content (AvgIpc) is 2.53. The summed E-state index contributed by atoms with van der Waals surface area (Å²) in [7, 11) is 4.29. The summed E-state index contributed by atoms with van der Waals surface area (Å²) in [4.78, 5) is 8.56. The number of nitrogens with one attached hydrogen (secondary N) is 1. The van der Waals surface area contributed by atoms with Crippen molar-refractivity contribution >= 4 is 11.3 Å². The maximum Gasteiger partial charge on any atom is 0.113 e. The average molecular weight is 253 g/mol. The number of rotatable bonds is 2. The molecule has 17 heavy (non-hydrogen) atoms. The van der Waals surface area contributed by atoms with E-state index in [0.717, 1.165) is 13.0 Å². The molecule has 1 aromatic rings. The third-order valence-corrected chi connectivity index (χ3v) is 5.26. The van der Waals surface area contributed by atoms with E-state index in [1.54, 1.807) is 0 Å². The molecule has 1 aromatic heterocycles. The second kappa shape index (κ2) is 5.04. The first kappa shape index (κ1) is 13.0. The van der Waals surface area contributed by atoms with Gasteiger partial charge < -0.3 is 10.2 Å². The van der Waals surface area contributed by atoms with Crippen LogP contribution in [0.1, 0.15) is 34.8 Å². The minimum atomic E-state index is 0.106. The number of aryl methyl sites for hydroxylation is 2. The maximum atomic E-state index is 4.78. The Bertz CT molecular complexity index is 369. The van der Waals surface area contributed by atoms with Gasteiger partial charge in [-0.1, -0.05) is 0 Å². The second-order valence-corrected chi connectivity index (χ2v) is 6.35. The summed E-state index contributed by atoms with van der Waals surface area (Å²) >= 11 is 1.86. The Morgan fingerprint density at radius 2 is 2.06 bits per heavy atom. The van der Waals surface area contributed by atoms with E-state index < -0.39 is 0 Å². The highest BCUT2D eigenvalue weighted by atomic mass is 32.1. The fraction of sp³-hybridized carbons (Fsp3) is 0.769. The van der Waals surface area contributed by atoms with Crippen LogP contribution in [0, 0.1) is 13.8 Å². The molecule has 0 aromatic carbocycles. The molecule has 1 fully saturated rings. The molecular formula is C13H23N3S. The zero-order valence-corrected chi connectivity index (χ0v) is 12.2. The van der Waals surface area contributed by atoms with E-state index in [9.17, 15) is 0 Å². The van der Waals surface area contributed by atoms with Crippen LogP contribution in [0.25, 0.3) is 0 Å². The van der Waals surface area contributed by atoms with Crippen molar-refractivity contribution in [2.45, 2.75) is 38.6 Å². The summed E-state index contributed by atoms with van der Waals surface area (Å²) in [5.41, 5.74) is 1.30. The first-order chi connectivity index (χ1) is 8.07. The van der Waals surface area contributed by atoms with Crippen molar-refractivity contribution < 1.29 is 0 Å². The van der Waals surface area contributed by atoms with Crippen LogP contribution in [0.3, 0.4) is 0 Å². The maximum absolute atomic E-state index is 4.78. The molecule has 1 unspecified atom stereocenters. The molecule has 1 aliphatic heterocycles. The van der Waals surface area contributed by atoms with Crippen LogP contribution in [0.15, 0.2) is 0 Å². The molecule has 96 valence electrons. The lowest BCUT2D eigenvalue weighted by Gasteiger charge is -2.30. The molecule has 0 bridgehead atoms. The number of aromatic nitrogens is 1. The van der Waals surface area contributed by atoms with Gasteiger partial charge in [0.25, 0.3) is 0 Å². The zero-order valence-electron chi connectivity index (χ0n) is 11.3. The van der Waals surface area contributed by atoms with Crippen molar-refractivity contribution in [3.63, 3.8) is 0 Å². The number of likely N-dealkylation sites (tertiary alicyclic amines) is 1. The molecule has 2 heterocycles. The fourth-order valence-electron chi connectivity index (χ4n) is 2.52. The molecule has 2 rings (SSSR count). The lowest BCUT2D eigenvalue weighted by Crippen LogP contribution is -2.40. The Kier molecular flexibility index (Phi) is 3.85. The minimum absolute atomic E-state index is 0.106. The first-order valence-corrected chi connectivity index (χ1v) is 7.21. The molecule has 1 aliphatic rings. The molecule has 0 radical (unpaired) electrons. The summed E-state index contributed by atoms with van der Waals surface area (Å²) < 4.78 is 0. The van der Waals surface area contributed by atoms with Gasteiger partial charge in [-0.2, -0.15) is 0 Å². The zero-order chi connectivity index (χ0) is 12.5. The summed E-state index contributed by atoms with van der Waals surface area (Å²) in [6, 6.07) is 0. The van der Waals surface area contributed by atoms with Crippen LogP contribution in [0.4, 0.5) is 0 Å². The van der Waals surface area contributed by atoms with E-state index in [1.165, 1.54) is 35.0 Å². The van der Waals surface area contributed by atoms with Crippen LogP contribution in [-0.2, 0) is 5.54 Å². The van der Waals surface area contributed by atoms with E-state index in [1.807, 2.05) is 11.3 Å². The molecule has 3 nitrogen and oxygen atoms in total. The van der Waals surface area contributed by atoms with Gasteiger partial charge in [-0.25, -0.2) is 4.98 Å². The van der Waals surface area contributed by atoms with Gasteiger partial charge in [0.1, 0.15) is 5.01 Å². The van der Waals surface area contributed by atoms with E-state index in [2.05, 4.69) is 38.2 Å².